The van der Waals surface area contributed by atoms with Crippen molar-refractivity contribution in [3.05, 3.63) is 53.6 Å². The van der Waals surface area contributed by atoms with Gasteiger partial charge in [-0.3, -0.25) is 0 Å². The number of azo groups is 1. The monoisotopic (exact) mass is 321 g/mol. The molecule has 4 nitrogen and oxygen atoms in total. The smallest absolute Gasteiger partial charge is 0.122 e. The van der Waals surface area contributed by atoms with Crippen molar-refractivity contribution in [2.45, 2.75) is 39.5 Å². The first-order valence-corrected chi connectivity index (χ1v) is 8.38. The molecule has 0 bridgehead atoms. The van der Waals surface area contributed by atoms with Gasteiger partial charge in [0.05, 0.1) is 29.6 Å². The average Bonchev–Trinajstić information content (AvgIpc) is 2.61. The fraction of sp³-hybridized carbons (Fsp3) is 0.350. The molecule has 0 saturated heterocycles. The predicted molar refractivity (Wildman–Crippen MR) is 96.1 cm³/mol. The minimum absolute atomic E-state index is 0.616. The van der Waals surface area contributed by atoms with E-state index in [1.807, 2.05) is 25.1 Å². The number of ether oxygens (including phenoxy) is 1. The molecule has 2 aromatic rings. The molecule has 0 aliphatic carbocycles. The van der Waals surface area contributed by atoms with Crippen LogP contribution in [-0.2, 0) is 0 Å². The summed E-state index contributed by atoms with van der Waals surface area (Å²) in [6.45, 7) is 4.98. The van der Waals surface area contributed by atoms with Gasteiger partial charge in [0.25, 0.3) is 0 Å². The van der Waals surface area contributed by atoms with E-state index in [1.54, 1.807) is 24.3 Å². The highest BCUT2D eigenvalue weighted by molar-refractivity contribution is 5.48. The number of benzene rings is 2. The van der Waals surface area contributed by atoms with Crippen molar-refractivity contribution in [1.82, 2.24) is 0 Å². The van der Waals surface area contributed by atoms with E-state index in [2.05, 4.69) is 23.2 Å². The molecule has 2 aromatic carbocycles. The third kappa shape index (κ3) is 5.51. The lowest BCUT2D eigenvalue weighted by atomic mass is 10.2. The molecule has 124 valence electrons. The van der Waals surface area contributed by atoms with E-state index in [4.69, 9.17) is 10.00 Å². The lowest BCUT2D eigenvalue weighted by molar-refractivity contribution is 0.303. The van der Waals surface area contributed by atoms with Gasteiger partial charge in [0, 0.05) is 0 Å². The van der Waals surface area contributed by atoms with Crippen LogP contribution in [0.15, 0.2) is 52.7 Å². The van der Waals surface area contributed by atoms with Crippen molar-refractivity contribution in [2.24, 2.45) is 10.2 Å². The highest BCUT2D eigenvalue weighted by atomic mass is 16.5. The van der Waals surface area contributed by atoms with E-state index < -0.39 is 0 Å². The molecule has 0 aliphatic heterocycles. The van der Waals surface area contributed by atoms with Crippen LogP contribution < -0.4 is 4.74 Å². The quantitative estimate of drug-likeness (QED) is 0.426. The summed E-state index contributed by atoms with van der Waals surface area (Å²) in [7, 11) is 0. The van der Waals surface area contributed by atoms with Gasteiger partial charge in [0.2, 0.25) is 0 Å². The van der Waals surface area contributed by atoms with Crippen LogP contribution in [0.1, 0.15) is 43.7 Å². The zero-order valence-electron chi connectivity index (χ0n) is 14.3. The number of nitrogens with zero attached hydrogens (tertiary/aromatic N) is 3. The van der Waals surface area contributed by atoms with Gasteiger partial charge in [-0.05, 0) is 61.4 Å². The summed E-state index contributed by atoms with van der Waals surface area (Å²) in [6, 6.07) is 14.9. The maximum absolute atomic E-state index is 8.78. The van der Waals surface area contributed by atoms with Crippen LogP contribution in [-0.4, -0.2) is 6.61 Å². The predicted octanol–water partition coefficient (Wildman–Crippen LogP) is 6.24. The lowest BCUT2D eigenvalue weighted by Gasteiger charge is -2.09. The van der Waals surface area contributed by atoms with Crippen molar-refractivity contribution >= 4 is 11.4 Å². The molecule has 0 radical (unpaired) electrons. The molecule has 4 heteroatoms. The van der Waals surface area contributed by atoms with E-state index >= 15 is 0 Å². The Hall–Kier alpha value is -2.67. The third-order valence-electron chi connectivity index (χ3n) is 3.69. The molecule has 2 rings (SSSR count). The van der Waals surface area contributed by atoms with Crippen molar-refractivity contribution in [1.29, 1.82) is 5.26 Å². The Labute approximate surface area is 143 Å². The summed E-state index contributed by atoms with van der Waals surface area (Å²) in [4.78, 5) is 0. The summed E-state index contributed by atoms with van der Waals surface area (Å²) < 4.78 is 5.82. The van der Waals surface area contributed by atoms with E-state index in [1.165, 1.54) is 19.3 Å². The summed E-state index contributed by atoms with van der Waals surface area (Å²) in [5.41, 5.74) is 3.19. The van der Waals surface area contributed by atoms with Crippen LogP contribution in [0.4, 0.5) is 11.4 Å². The van der Waals surface area contributed by atoms with Gasteiger partial charge in [-0.2, -0.15) is 15.5 Å². The van der Waals surface area contributed by atoms with E-state index in [-0.39, 0.29) is 0 Å². The van der Waals surface area contributed by atoms with Gasteiger partial charge >= 0.3 is 0 Å². The molecule has 0 amide bonds. The number of unbranched alkanes of at least 4 members (excludes halogenated alkanes) is 3. The molecule has 0 saturated carbocycles. The summed E-state index contributed by atoms with van der Waals surface area (Å²) in [6.07, 6.45) is 4.80. The second kappa shape index (κ2) is 9.46. The summed E-state index contributed by atoms with van der Waals surface area (Å²) in [5.74, 6) is 0.906. The second-order valence-electron chi connectivity index (χ2n) is 5.72. The first-order chi connectivity index (χ1) is 11.7. The maximum Gasteiger partial charge on any atom is 0.122 e. The lowest BCUT2D eigenvalue weighted by Crippen LogP contribution is -1.98. The topological polar surface area (TPSA) is 57.7 Å². The van der Waals surface area contributed by atoms with Crippen LogP contribution in [0.3, 0.4) is 0 Å². The van der Waals surface area contributed by atoms with Gasteiger partial charge < -0.3 is 4.74 Å². The SMILES string of the molecule is CCCCCCOc1ccc(N=Nc2ccc(C#N)cc2)cc1C. The molecular formula is C20H23N3O. The van der Waals surface area contributed by atoms with Gasteiger partial charge in [-0.1, -0.05) is 26.2 Å². The zero-order valence-corrected chi connectivity index (χ0v) is 14.3. The average molecular weight is 321 g/mol. The van der Waals surface area contributed by atoms with Gasteiger partial charge in [0.15, 0.2) is 0 Å². The first kappa shape index (κ1) is 17.7. The Balaban J connectivity index is 1.93. The first-order valence-electron chi connectivity index (χ1n) is 8.38. The fourth-order valence-electron chi connectivity index (χ4n) is 2.29. The number of aryl methyl sites for hydroxylation is 1. The maximum atomic E-state index is 8.78. The van der Waals surface area contributed by atoms with Gasteiger partial charge in [0.1, 0.15) is 5.75 Å². The van der Waals surface area contributed by atoms with Gasteiger partial charge in [-0.15, -0.1) is 0 Å². The Morgan fingerprint density at radius 2 is 1.67 bits per heavy atom. The number of nitriles is 1. The number of hydrogen-bond donors (Lipinski definition) is 0. The second-order valence-corrected chi connectivity index (χ2v) is 5.72. The largest absolute Gasteiger partial charge is 0.493 e. The van der Waals surface area contributed by atoms with Crippen LogP contribution in [0.25, 0.3) is 0 Å². The standard InChI is InChI=1S/C20H23N3O/c1-3-4-5-6-13-24-20-12-11-19(14-16(20)2)23-22-18-9-7-17(15-21)8-10-18/h7-12,14H,3-6,13H2,1-2H3. The molecule has 0 aliphatic rings. The highest BCUT2D eigenvalue weighted by Crippen LogP contribution is 2.25. The van der Waals surface area contributed by atoms with Crippen LogP contribution in [0.2, 0.25) is 0 Å². The minimum Gasteiger partial charge on any atom is -0.493 e. The number of rotatable bonds is 8. The van der Waals surface area contributed by atoms with Crippen molar-refractivity contribution < 1.29 is 4.74 Å². The molecule has 0 unspecified atom stereocenters. The fourth-order valence-corrected chi connectivity index (χ4v) is 2.29. The molecule has 0 spiro atoms. The van der Waals surface area contributed by atoms with Crippen LogP contribution in [0, 0.1) is 18.3 Å². The number of hydrogen-bond acceptors (Lipinski definition) is 4. The van der Waals surface area contributed by atoms with E-state index in [9.17, 15) is 0 Å². The Morgan fingerprint density at radius 3 is 2.33 bits per heavy atom. The Bertz CT molecular complexity index is 715. The van der Waals surface area contributed by atoms with Gasteiger partial charge in [-0.25, -0.2) is 0 Å². The third-order valence-corrected chi connectivity index (χ3v) is 3.69. The Morgan fingerprint density at radius 1 is 0.958 bits per heavy atom. The molecule has 24 heavy (non-hydrogen) atoms. The van der Waals surface area contributed by atoms with Crippen LogP contribution in [0.5, 0.6) is 5.75 Å². The van der Waals surface area contributed by atoms with Crippen LogP contribution >= 0.6 is 0 Å². The minimum atomic E-state index is 0.616. The summed E-state index contributed by atoms with van der Waals surface area (Å²) in [5, 5.41) is 17.2. The molecule has 0 aromatic heterocycles. The molecule has 0 heterocycles. The van der Waals surface area contributed by atoms with E-state index in [0.717, 1.165) is 35.7 Å². The molecule has 0 N–H and O–H groups in total. The van der Waals surface area contributed by atoms with Crippen molar-refractivity contribution in [3.8, 4) is 11.8 Å². The molecule has 0 fully saturated rings. The van der Waals surface area contributed by atoms with E-state index in [0.29, 0.717) is 5.56 Å². The highest BCUT2D eigenvalue weighted by Gasteiger charge is 2.01. The molecule has 0 atom stereocenters. The van der Waals surface area contributed by atoms with Crippen molar-refractivity contribution in [2.75, 3.05) is 6.61 Å². The van der Waals surface area contributed by atoms with Crippen molar-refractivity contribution in [3.63, 3.8) is 0 Å². The molecular weight excluding hydrogens is 298 g/mol. The zero-order chi connectivity index (χ0) is 17.2. The Kier molecular flexibility index (Phi) is 6.97. The summed E-state index contributed by atoms with van der Waals surface area (Å²) >= 11 is 0. The normalized spacial score (nSPS) is 10.7.